The van der Waals surface area contributed by atoms with Crippen molar-refractivity contribution in [1.29, 1.82) is 0 Å². The van der Waals surface area contributed by atoms with Crippen molar-refractivity contribution in [2.45, 2.75) is 58.0 Å². The summed E-state index contributed by atoms with van der Waals surface area (Å²) in [6.07, 6.45) is -1.34. The number of likely N-dealkylation sites (tertiary alicyclic amines) is 1. The zero-order valence-electron chi connectivity index (χ0n) is 21.6. The number of esters is 1. The zero-order valence-corrected chi connectivity index (χ0v) is 23.1. The highest BCUT2D eigenvalue weighted by Crippen LogP contribution is 2.33. The molecular weight excluding hydrogens is 556 g/mol. The molecule has 0 saturated carbocycles. The van der Waals surface area contributed by atoms with Crippen LogP contribution in [0.2, 0.25) is 10.0 Å². The van der Waals surface area contributed by atoms with Crippen LogP contribution in [0, 0.1) is 12.8 Å². The van der Waals surface area contributed by atoms with E-state index in [1.54, 1.807) is 23.0 Å². The molecule has 13 heteroatoms. The first-order valence-electron chi connectivity index (χ1n) is 13.0. The van der Waals surface area contributed by atoms with Gasteiger partial charge in [-0.1, -0.05) is 29.3 Å². The Balaban J connectivity index is 1.35. The Hall–Kier alpha value is -2.63. The van der Waals surface area contributed by atoms with E-state index >= 15 is 0 Å². The number of hydrogen-bond acceptors (Lipinski definition) is 7. The average Bonchev–Trinajstić information content (AvgIpc) is 3.54. The van der Waals surface area contributed by atoms with Crippen molar-refractivity contribution in [2.24, 2.45) is 5.92 Å². The standard InChI is InChI=1S/C26H29Cl2F3N6O2/c1-15-22-23(37(34-15)16(2)19-6-5-18(27)13-20(19)28)33-21(14-32-22)35-11-7-17(8-12-35)24(36-9-3-4-10-36)39-25(38)26(29,30)31/h5-6,13-14,16-17,24H,3-4,7-12H2,1-2H3. The van der Waals surface area contributed by atoms with Crippen LogP contribution in [-0.2, 0) is 9.53 Å². The number of rotatable bonds is 6. The van der Waals surface area contributed by atoms with E-state index < -0.39 is 18.4 Å². The molecule has 2 atom stereocenters. The van der Waals surface area contributed by atoms with Crippen LogP contribution in [0.5, 0.6) is 0 Å². The SMILES string of the molecule is Cc1nn(C(C)c2ccc(Cl)cc2Cl)c2nc(N3CCC(C(OC(=O)C(F)(F)F)N4CCCC4)CC3)cnc12. The number of nitrogens with zero attached hydrogens (tertiary/aromatic N) is 6. The largest absolute Gasteiger partial charge is 0.490 e. The number of ether oxygens (including phenoxy) is 1. The van der Waals surface area contributed by atoms with Crippen LogP contribution in [0.4, 0.5) is 19.0 Å². The maximum Gasteiger partial charge on any atom is 0.490 e. The molecule has 0 amide bonds. The van der Waals surface area contributed by atoms with E-state index in [4.69, 9.17) is 32.9 Å². The normalized spacial score (nSPS) is 19.0. The number of alkyl halides is 3. The van der Waals surface area contributed by atoms with Gasteiger partial charge in [-0.25, -0.2) is 19.4 Å². The Kier molecular flexibility index (Phi) is 7.94. The third kappa shape index (κ3) is 5.81. The van der Waals surface area contributed by atoms with Crippen molar-refractivity contribution in [1.82, 2.24) is 24.6 Å². The smallest absolute Gasteiger partial charge is 0.439 e. The van der Waals surface area contributed by atoms with E-state index in [9.17, 15) is 18.0 Å². The first kappa shape index (κ1) is 27.9. The average molecular weight is 585 g/mol. The lowest BCUT2D eigenvalue weighted by molar-refractivity contribution is -0.217. The summed E-state index contributed by atoms with van der Waals surface area (Å²) in [5.41, 5.74) is 2.87. The van der Waals surface area contributed by atoms with Crippen molar-refractivity contribution >= 4 is 46.2 Å². The minimum atomic E-state index is -5.02. The lowest BCUT2D eigenvalue weighted by Gasteiger charge is -2.39. The van der Waals surface area contributed by atoms with Crippen LogP contribution in [0.15, 0.2) is 24.4 Å². The van der Waals surface area contributed by atoms with Crippen LogP contribution < -0.4 is 4.90 Å². The van der Waals surface area contributed by atoms with Crippen molar-refractivity contribution in [2.75, 3.05) is 31.1 Å². The summed E-state index contributed by atoms with van der Waals surface area (Å²) in [5.74, 6) is -1.68. The molecule has 0 spiro atoms. The third-order valence-electron chi connectivity index (χ3n) is 7.56. The Morgan fingerprint density at radius 1 is 1.13 bits per heavy atom. The molecule has 2 aliphatic rings. The predicted molar refractivity (Wildman–Crippen MR) is 142 cm³/mol. The van der Waals surface area contributed by atoms with Gasteiger partial charge in [0.25, 0.3) is 0 Å². The molecule has 0 radical (unpaired) electrons. The van der Waals surface area contributed by atoms with Crippen LogP contribution in [-0.4, -0.2) is 69.2 Å². The Morgan fingerprint density at radius 2 is 1.82 bits per heavy atom. The molecule has 2 aliphatic heterocycles. The molecule has 2 aromatic heterocycles. The van der Waals surface area contributed by atoms with Gasteiger partial charge in [-0.3, -0.25) is 4.90 Å². The summed E-state index contributed by atoms with van der Waals surface area (Å²) in [6.45, 7) is 6.18. The highest BCUT2D eigenvalue weighted by atomic mass is 35.5. The molecular formula is C26H29Cl2F3N6O2. The summed E-state index contributed by atoms with van der Waals surface area (Å²) in [5, 5.41) is 5.75. The number of aryl methyl sites for hydroxylation is 1. The number of halogens is 5. The van der Waals surface area contributed by atoms with E-state index in [1.165, 1.54) is 0 Å². The lowest BCUT2D eigenvalue weighted by atomic mass is 9.94. The first-order valence-corrected chi connectivity index (χ1v) is 13.7. The van der Waals surface area contributed by atoms with Gasteiger partial charge in [-0.15, -0.1) is 0 Å². The van der Waals surface area contributed by atoms with Crippen LogP contribution in [0.3, 0.4) is 0 Å². The maximum atomic E-state index is 13.0. The molecule has 2 unspecified atom stereocenters. The fourth-order valence-electron chi connectivity index (χ4n) is 5.49. The van der Waals surface area contributed by atoms with Crippen LogP contribution in [0.1, 0.15) is 49.9 Å². The molecule has 2 saturated heterocycles. The van der Waals surface area contributed by atoms with Gasteiger partial charge < -0.3 is 9.64 Å². The molecule has 1 aromatic carbocycles. The molecule has 0 N–H and O–H groups in total. The van der Waals surface area contributed by atoms with Gasteiger partial charge in [0.05, 0.1) is 17.9 Å². The second-order valence-electron chi connectivity index (χ2n) is 10.1. The molecule has 210 valence electrons. The van der Waals surface area contributed by atoms with E-state index in [2.05, 4.69) is 15.0 Å². The minimum absolute atomic E-state index is 0.206. The lowest BCUT2D eigenvalue weighted by Crippen LogP contribution is -2.48. The van der Waals surface area contributed by atoms with E-state index in [0.29, 0.717) is 66.0 Å². The minimum Gasteiger partial charge on any atom is -0.439 e. The topological polar surface area (TPSA) is 76.4 Å². The molecule has 0 aliphatic carbocycles. The number of benzene rings is 1. The quantitative estimate of drug-likeness (QED) is 0.339. The molecule has 4 heterocycles. The summed E-state index contributed by atoms with van der Waals surface area (Å²) in [7, 11) is 0. The summed E-state index contributed by atoms with van der Waals surface area (Å²) >= 11 is 12.5. The number of fused-ring (bicyclic) bond motifs is 1. The molecule has 5 rings (SSSR count). The summed E-state index contributed by atoms with van der Waals surface area (Å²) < 4.78 is 45.8. The number of carbonyl (C=O) groups excluding carboxylic acids is 1. The third-order valence-corrected chi connectivity index (χ3v) is 8.13. The van der Waals surface area contributed by atoms with E-state index in [1.807, 2.05) is 24.8 Å². The van der Waals surface area contributed by atoms with Crippen LogP contribution >= 0.6 is 23.2 Å². The number of hydrogen-bond donors (Lipinski definition) is 0. The number of aromatic nitrogens is 4. The van der Waals surface area contributed by atoms with Crippen molar-refractivity contribution < 1.29 is 22.7 Å². The second kappa shape index (κ2) is 11.1. The summed E-state index contributed by atoms with van der Waals surface area (Å²) in [6, 6.07) is 5.10. The summed E-state index contributed by atoms with van der Waals surface area (Å²) in [4.78, 5) is 25.1. The second-order valence-corrected chi connectivity index (χ2v) is 11.0. The maximum absolute atomic E-state index is 13.0. The number of carbonyl (C=O) groups is 1. The van der Waals surface area contributed by atoms with Gasteiger partial charge in [0, 0.05) is 42.1 Å². The van der Waals surface area contributed by atoms with Gasteiger partial charge in [0.15, 0.2) is 11.9 Å². The highest BCUT2D eigenvalue weighted by Gasteiger charge is 2.45. The predicted octanol–water partition coefficient (Wildman–Crippen LogP) is 5.79. The molecule has 2 fully saturated rings. The van der Waals surface area contributed by atoms with E-state index in [0.717, 1.165) is 24.1 Å². The van der Waals surface area contributed by atoms with Gasteiger partial charge >= 0.3 is 12.1 Å². The Morgan fingerprint density at radius 3 is 2.46 bits per heavy atom. The number of piperidine rings is 1. The van der Waals surface area contributed by atoms with Gasteiger partial charge in [-0.05, 0) is 57.2 Å². The van der Waals surface area contributed by atoms with Gasteiger partial charge in [-0.2, -0.15) is 18.3 Å². The van der Waals surface area contributed by atoms with Crippen molar-refractivity contribution in [3.05, 3.63) is 45.7 Å². The molecule has 0 bridgehead atoms. The van der Waals surface area contributed by atoms with Gasteiger partial charge in [0.1, 0.15) is 11.3 Å². The monoisotopic (exact) mass is 584 g/mol. The van der Waals surface area contributed by atoms with E-state index in [-0.39, 0.29) is 12.0 Å². The van der Waals surface area contributed by atoms with Gasteiger partial charge in [0.2, 0.25) is 0 Å². The van der Waals surface area contributed by atoms with Crippen molar-refractivity contribution in [3.63, 3.8) is 0 Å². The molecule has 39 heavy (non-hydrogen) atoms. The fourth-order valence-corrected chi connectivity index (χ4v) is 6.06. The molecule has 8 nitrogen and oxygen atoms in total. The first-order chi connectivity index (χ1) is 18.5. The Labute approximate surface area is 234 Å². The zero-order chi connectivity index (χ0) is 27.9. The number of anilines is 1. The highest BCUT2D eigenvalue weighted by molar-refractivity contribution is 6.35. The van der Waals surface area contributed by atoms with Crippen LogP contribution in [0.25, 0.3) is 11.2 Å². The fraction of sp³-hybridized carbons (Fsp3) is 0.538. The molecule has 3 aromatic rings. The van der Waals surface area contributed by atoms with Crippen molar-refractivity contribution in [3.8, 4) is 0 Å². The Bertz CT molecular complexity index is 1350.